The van der Waals surface area contributed by atoms with E-state index in [4.69, 9.17) is 4.74 Å². The van der Waals surface area contributed by atoms with Crippen molar-refractivity contribution in [3.8, 4) is 0 Å². The van der Waals surface area contributed by atoms with Gasteiger partial charge in [0.1, 0.15) is 11.2 Å². The second-order valence-corrected chi connectivity index (χ2v) is 4.38. The monoisotopic (exact) mass is 244 g/mol. The SMILES string of the molecule is CCC1=C(OC)C2=CC=CC=C[C@]2(C(C)=O)C1=O. The normalized spacial score (nSPS) is 25.9. The number of rotatable bonds is 3. The Balaban J connectivity index is 2.73. The molecule has 0 fully saturated rings. The number of Topliss-reactive ketones (excluding diaryl/α,β-unsaturated/α-hetero) is 2. The summed E-state index contributed by atoms with van der Waals surface area (Å²) in [5.74, 6) is 0.228. The third-order valence-electron chi connectivity index (χ3n) is 3.52. The first-order valence-electron chi connectivity index (χ1n) is 5.99. The minimum absolute atomic E-state index is 0.152. The zero-order valence-electron chi connectivity index (χ0n) is 10.8. The van der Waals surface area contributed by atoms with Crippen LogP contribution < -0.4 is 0 Å². The maximum Gasteiger partial charge on any atom is 0.184 e. The number of ether oxygens (including phenoxy) is 1. The summed E-state index contributed by atoms with van der Waals surface area (Å²) in [5.41, 5.74) is 0.0726. The fraction of sp³-hybridized carbons (Fsp3) is 0.333. The molecular formula is C15H16O3. The van der Waals surface area contributed by atoms with Crippen molar-refractivity contribution in [2.75, 3.05) is 7.11 Å². The minimum atomic E-state index is -1.18. The first-order valence-corrected chi connectivity index (χ1v) is 5.99. The highest BCUT2D eigenvalue weighted by Gasteiger charge is 2.53. The molecule has 94 valence electrons. The van der Waals surface area contributed by atoms with Crippen molar-refractivity contribution in [1.82, 2.24) is 0 Å². The third kappa shape index (κ3) is 1.43. The molecule has 3 nitrogen and oxygen atoms in total. The number of fused-ring (bicyclic) bond motifs is 1. The van der Waals surface area contributed by atoms with Crippen LogP contribution >= 0.6 is 0 Å². The van der Waals surface area contributed by atoms with Crippen molar-refractivity contribution in [1.29, 1.82) is 0 Å². The topological polar surface area (TPSA) is 43.4 Å². The summed E-state index contributed by atoms with van der Waals surface area (Å²) in [6.07, 6.45) is 9.40. The Morgan fingerprint density at radius 2 is 2.06 bits per heavy atom. The molecule has 0 bridgehead atoms. The molecule has 0 aromatic carbocycles. The van der Waals surface area contributed by atoms with Crippen molar-refractivity contribution in [3.63, 3.8) is 0 Å². The molecular weight excluding hydrogens is 228 g/mol. The van der Waals surface area contributed by atoms with Crippen molar-refractivity contribution in [2.45, 2.75) is 20.3 Å². The van der Waals surface area contributed by atoms with E-state index in [1.807, 2.05) is 19.1 Å². The van der Waals surface area contributed by atoms with Crippen LogP contribution in [0.4, 0.5) is 0 Å². The average molecular weight is 244 g/mol. The average Bonchev–Trinajstić information content (AvgIpc) is 2.51. The van der Waals surface area contributed by atoms with Crippen molar-refractivity contribution >= 4 is 11.6 Å². The van der Waals surface area contributed by atoms with Gasteiger partial charge in [0.05, 0.1) is 7.11 Å². The summed E-state index contributed by atoms with van der Waals surface area (Å²) in [5, 5.41) is 0. The maximum atomic E-state index is 12.6. The van der Waals surface area contributed by atoms with E-state index in [9.17, 15) is 9.59 Å². The Hall–Kier alpha value is -1.90. The van der Waals surface area contributed by atoms with E-state index < -0.39 is 5.41 Å². The highest BCUT2D eigenvalue weighted by molar-refractivity contribution is 6.22. The molecule has 2 rings (SSSR count). The molecule has 0 unspecified atom stereocenters. The Kier molecular flexibility index (Phi) is 3.07. The summed E-state index contributed by atoms with van der Waals surface area (Å²) in [6.45, 7) is 3.35. The van der Waals surface area contributed by atoms with E-state index in [1.54, 1.807) is 18.2 Å². The van der Waals surface area contributed by atoms with Gasteiger partial charge in [-0.25, -0.2) is 0 Å². The molecule has 0 spiro atoms. The number of ketones is 2. The lowest BCUT2D eigenvalue weighted by Crippen LogP contribution is -2.34. The fourth-order valence-electron chi connectivity index (χ4n) is 2.61. The van der Waals surface area contributed by atoms with Crippen LogP contribution in [0, 0.1) is 5.41 Å². The molecule has 18 heavy (non-hydrogen) atoms. The first-order chi connectivity index (χ1) is 8.59. The lowest BCUT2D eigenvalue weighted by Gasteiger charge is -2.22. The molecule has 0 aromatic rings. The summed E-state index contributed by atoms with van der Waals surface area (Å²) >= 11 is 0. The van der Waals surface area contributed by atoms with Gasteiger partial charge in [0.2, 0.25) is 0 Å². The van der Waals surface area contributed by atoms with Crippen molar-refractivity contribution in [2.24, 2.45) is 5.41 Å². The molecule has 0 aromatic heterocycles. The lowest BCUT2D eigenvalue weighted by molar-refractivity contribution is -0.131. The quantitative estimate of drug-likeness (QED) is 0.716. The van der Waals surface area contributed by atoms with Crippen LogP contribution in [0.3, 0.4) is 0 Å². The summed E-state index contributed by atoms with van der Waals surface area (Å²) < 4.78 is 5.36. The van der Waals surface area contributed by atoms with Gasteiger partial charge in [-0.05, 0) is 13.3 Å². The van der Waals surface area contributed by atoms with Crippen LogP contribution in [-0.2, 0) is 14.3 Å². The van der Waals surface area contributed by atoms with Crippen LogP contribution in [-0.4, -0.2) is 18.7 Å². The number of hydrogen-bond donors (Lipinski definition) is 0. The molecule has 0 radical (unpaired) electrons. The molecule has 0 saturated heterocycles. The van der Waals surface area contributed by atoms with Gasteiger partial charge in [-0.15, -0.1) is 0 Å². The molecule has 0 amide bonds. The van der Waals surface area contributed by atoms with Gasteiger partial charge in [0.15, 0.2) is 11.6 Å². The van der Waals surface area contributed by atoms with Gasteiger partial charge >= 0.3 is 0 Å². The standard InChI is InChI=1S/C15H16O3/c1-4-11-13(18-3)12-8-6-5-7-9-15(12,10(2)16)14(11)17/h5-9H,4H2,1-3H3/t15-/m1/s1. The van der Waals surface area contributed by atoms with Crippen LogP contribution in [0.2, 0.25) is 0 Å². The van der Waals surface area contributed by atoms with Gasteiger partial charge in [-0.3, -0.25) is 9.59 Å². The number of methoxy groups -OCH3 is 1. The van der Waals surface area contributed by atoms with Crippen LogP contribution in [0.1, 0.15) is 20.3 Å². The third-order valence-corrected chi connectivity index (χ3v) is 3.52. The van der Waals surface area contributed by atoms with Crippen LogP contribution in [0.15, 0.2) is 47.3 Å². The van der Waals surface area contributed by atoms with Gasteiger partial charge < -0.3 is 4.74 Å². The summed E-state index contributed by atoms with van der Waals surface area (Å²) in [6, 6.07) is 0. The Labute approximate surface area is 107 Å². The number of carbonyl (C=O) groups is 2. The van der Waals surface area contributed by atoms with E-state index in [1.165, 1.54) is 14.0 Å². The van der Waals surface area contributed by atoms with E-state index in [0.717, 1.165) is 0 Å². The predicted octanol–water partition coefficient (Wildman–Crippen LogP) is 2.51. The smallest absolute Gasteiger partial charge is 0.184 e. The highest BCUT2D eigenvalue weighted by Crippen LogP contribution is 2.47. The Morgan fingerprint density at radius 3 is 2.61 bits per heavy atom. The molecule has 2 aliphatic rings. The molecule has 2 aliphatic carbocycles. The summed E-state index contributed by atoms with van der Waals surface area (Å²) in [7, 11) is 1.54. The highest BCUT2D eigenvalue weighted by atomic mass is 16.5. The number of carbonyl (C=O) groups excluding carboxylic acids is 2. The predicted molar refractivity (Wildman–Crippen MR) is 68.8 cm³/mol. The molecule has 1 atom stereocenters. The van der Waals surface area contributed by atoms with Gasteiger partial charge in [0.25, 0.3) is 0 Å². The van der Waals surface area contributed by atoms with E-state index in [2.05, 4.69) is 0 Å². The first kappa shape index (κ1) is 12.6. The van der Waals surface area contributed by atoms with Gasteiger partial charge in [-0.2, -0.15) is 0 Å². The van der Waals surface area contributed by atoms with Crippen molar-refractivity contribution < 1.29 is 14.3 Å². The van der Waals surface area contributed by atoms with E-state index in [0.29, 0.717) is 23.3 Å². The fourth-order valence-corrected chi connectivity index (χ4v) is 2.61. The molecule has 0 N–H and O–H groups in total. The van der Waals surface area contributed by atoms with Crippen molar-refractivity contribution in [3.05, 3.63) is 47.3 Å². The second kappa shape index (κ2) is 4.41. The molecule has 0 heterocycles. The summed E-state index contributed by atoms with van der Waals surface area (Å²) in [4.78, 5) is 24.6. The Bertz CT molecular complexity index is 532. The number of hydrogen-bond acceptors (Lipinski definition) is 3. The molecule has 0 saturated carbocycles. The van der Waals surface area contributed by atoms with Crippen LogP contribution in [0.25, 0.3) is 0 Å². The molecule has 0 aliphatic heterocycles. The zero-order chi connectivity index (χ0) is 13.3. The zero-order valence-corrected chi connectivity index (χ0v) is 10.8. The maximum absolute atomic E-state index is 12.6. The molecule has 3 heteroatoms. The second-order valence-electron chi connectivity index (χ2n) is 4.38. The Morgan fingerprint density at radius 1 is 1.33 bits per heavy atom. The van der Waals surface area contributed by atoms with Crippen LogP contribution in [0.5, 0.6) is 0 Å². The van der Waals surface area contributed by atoms with E-state index >= 15 is 0 Å². The minimum Gasteiger partial charge on any atom is -0.496 e. The lowest BCUT2D eigenvalue weighted by atomic mass is 9.76. The van der Waals surface area contributed by atoms with Gasteiger partial charge in [-0.1, -0.05) is 37.3 Å². The van der Waals surface area contributed by atoms with Gasteiger partial charge in [0, 0.05) is 11.1 Å². The number of allylic oxidation sites excluding steroid dienone is 7. The largest absolute Gasteiger partial charge is 0.496 e. The van der Waals surface area contributed by atoms with E-state index in [-0.39, 0.29) is 11.6 Å².